The molecular formula is C18H20Cl2O2SiZr. The van der Waals surface area contributed by atoms with Crippen LogP contribution in [-0.4, -0.2) is 8.07 Å². The maximum atomic E-state index is 5.45. The minimum atomic E-state index is -1.65. The van der Waals surface area contributed by atoms with Crippen molar-refractivity contribution in [3.63, 3.8) is 0 Å². The topological polar surface area (TPSA) is 26.3 Å². The fourth-order valence-electron chi connectivity index (χ4n) is 4.63. The van der Waals surface area contributed by atoms with Gasteiger partial charge in [0.2, 0.25) is 0 Å². The average Bonchev–Trinajstić information content (AvgIpc) is 3.07. The molecule has 0 N–H and O–H groups in total. The molecule has 0 radical (unpaired) electrons. The predicted molar refractivity (Wildman–Crippen MR) is 87.7 cm³/mol. The number of halogens is 2. The summed E-state index contributed by atoms with van der Waals surface area (Å²) in [7, 11) is -1.65. The molecule has 2 unspecified atom stereocenters. The van der Waals surface area contributed by atoms with Gasteiger partial charge in [0, 0.05) is 33.3 Å². The Hall–Kier alpha value is -0.280. The van der Waals surface area contributed by atoms with Crippen LogP contribution in [0.2, 0.25) is 13.1 Å². The first kappa shape index (κ1) is 21.8. The van der Waals surface area contributed by atoms with Gasteiger partial charge in [-0.2, -0.15) is 0 Å². The van der Waals surface area contributed by atoms with E-state index < -0.39 is 8.07 Å². The smallest absolute Gasteiger partial charge is 1.00 e. The van der Waals surface area contributed by atoms with E-state index in [1.165, 1.54) is 33.4 Å². The van der Waals surface area contributed by atoms with Crippen LogP contribution < -0.4 is 24.8 Å². The van der Waals surface area contributed by atoms with E-state index in [0.717, 1.165) is 0 Å². The van der Waals surface area contributed by atoms with Crippen LogP contribution in [0.5, 0.6) is 0 Å². The molecule has 0 aliphatic heterocycles. The Kier molecular flexibility index (Phi) is 6.83. The molecule has 2 aromatic heterocycles. The van der Waals surface area contributed by atoms with Gasteiger partial charge in [-0.3, -0.25) is 0 Å². The molecule has 0 bridgehead atoms. The van der Waals surface area contributed by atoms with Crippen molar-refractivity contribution in [3.8, 4) is 0 Å². The second kappa shape index (κ2) is 7.53. The molecular weight excluding hydrogens is 438 g/mol. The average molecular weight is 459 g/mol. The van der Waals surface area contributed by atoms with Crippen molar-refractivity contribution < 1.29 is 59.9 Å². The second-order valence-corrected chi connectivity index (χ2v) is 11.8. The molecule has 2 nitrogen and oxygen atoms in total. The molecule has 0 spiro atoms. The normalized spacial score (nSPS) is 20.8. The zero-order valence-electron chi connectivity index (χ0n) is 14.2. The number of fused-ring (bicyclic) bond motifs is 2. The van der Waals surface area contributed by atoms with E-state index in [2.05, 4.69) is 39.1 Å². The van der Waals surface area contributed by atoms with E-state index in [1.807, 2.05) is 25.1 Å². The predicted octanol–water partition coefficient (Wildman–Crippen LogP) is -0.634. The van der Waals surface area contributed by atoms with Crippen molar-refractivity contribution in [1.82, 2.24) is 0 Å². The van der Waals surface area contributed by atoms with Crippen molar-refractivity contribution in [1.29, 1.82) is 0 Å². The molecule has 126 valence electrons. The van der Waals surface area contributed by atoms with E-state index in [1.54, 1.807) is 0 Å². The van der Waals surface area contributed by atoms with Gasteiger partial charge in [0.1, 0.15) is 0 Å². The maximum absolute atomic E-state index is 5.45. The molecule has 2 aliphatic carbocycles. The number of allylic oxidation sites excluding steroid dienone is 2. The SMILES string of the molecule is CC1=Cc2cocc2C1[Si](C)(C)C1C(C)=Cc2cocc21.[Cl-].[Cl-].[Zr+2]. The number of rotatable bonds is 2. The fourth-order valence-corrected chi connectivity index (χ4v) is 9.55. The van der Waals surface area contributed by atoms with Crippen molar-refractivity contribution in [2.24, 2.45) is 0 Å². The molecule has 0 fully saturated rings. The fraction of sp³-hybridized carbons (Fsp3) is 0.333. The van der Waals surface area contributed by atoms with E-state index in [4.69, 9.17) is 8.83 Å². The van der Waals surface area contributed by atoms with Crippen molar-refractivity contribution in [2.75, 3.05) is 0 Å². The standard InChI is InChI=1S/C18H20O2Si.2ClH.Zr/c1-11-5-13-7-19-9-15(13)17(11)21(3,4)18-12(2)6-14-8-20-10-16(14)18;;;/h5-10,17-18H,1-4H3;2*1H;/q;;;+2/p-2. The molecule has 6 heteroatoms. The van der Waals surface area contributed by atoms with E-state index >= 15 is 0 Å². The van der Waals surface area contributed by atoms with Crippen LogP contribution in [0.1, 0.15) is 47.2 Å². The van der Waals surface area contributed by atoms with Gasteiger partial charge in [-0.15, -0.1) is 0 Å². The minimum Gasteiger partial charge on any atom is -1.00 e. The summed E-state index contributed by atoms with van der Waals surface area (Å²) in [6.07, 6.45) is 12.2. The summed E-state index contributed by atoms with van der Waals surface area (Å²) >= 11 is 0. The van der Waals surface area contributed by atoms with Crippen LogP contribution in [0.25, 0.3) is 12.2 Å². The van der Waals surface area contributed by atoms with Crippen LogP contribution >= 0.6 is 0 Å². The largest absolute Gasteiger partial charge is 2.00 e. The van der Waals surface area contributed by atoms with Crippen molar-refractivity contribution in [2.45, 2.75) is 38.0 Å². The molecule has 0 saturated carbocycles. The Balaban J connectivity index is 0.000000960. The quantitative estimate of drug-likeness (QED) is 0.560. The number of furan rings is 2. The number of hydrogen-bond donors (Lipinski definition) is 0. The molecule has 4 rings (SSSR count). The van der Waals surface area contributed by atoms with Gasteiger partial charge in [-0.1, -0.05) is 36.4 Å². The molecule has 24 heavy (non-hydrogen) atoms. The summed E-state index contributed by atoms with van der Waals surface area (Å²) in [6.45, 7) is 9.54. The van der Waals surface area contributed by atoms with Gasteiger partial charge in [0.15, 0.2) is 0 Å². The van der Waals surface area contributed by atoms with E-state index in [0.29, 0.717) is 11.1 Å². The second-order valence-electron chi connectivity index (χ2n) is 7.03. The van der Waals surface area contributed by atoms with Gasteiger partial charge in [0.25, 0.3) is 0 Å². The summed E-state index contributed by atoms with van der Waals surface area (Å²) in [6, 6.07) is 0. The van der Waals surface area contributed by atoms with Gasteiger partial charge in [-0.05, 0) is 13.8 Å². The molecule has 2 heterocycles. The Morgan fingerprint density at radius 1 is 0.750 bits per heavy atom. The maximum Gasteiger partial charge on any atom is 2.00 e. The van der Waals surface area contributed by atoms with Gasteiger partial charge in [-0.25, -0.2) is 0 Å². The molecule has 0 aromatic carbocycles. The third kappa shape index (κ3) is 3.00. The van der Waals surface area contributed by atoms with Crippen molar-refractivity contribution >= 4 is 20.2 Å². The monoisotopic (exact) mass is 456 g/mol. The summed E-state index contributed by atoms with van der Waals surface area (Å²) < 4.78 is 10.9. The first-order valence-corrected chi connectivity index (χ1v) is 10.6. The Bertz CT molecular complexity index is 724. The zero-order chi connectivity index (χ0) is 14.8. The first-order valence-electron chi connectivity index (χ1n) is 7.48. The molecule has 2 aliphatic rings. The summed E-state index contributed by atoms with van der Waals surface area (Å²) in [5.41, 5.74) is 9.33. The third-order valence-corrected chi connectivity index (χ3v) is 9.74. The van der Waals surface area contributed by atoms with Crippen LogP contribution in [0.3, 0.4) is 0 Å². The summed E-state index contributed by atoms with van der Waals surface area (Å²) in [4.78, 5) is 0. The zero-order valence-corrected chi connectivity index (χ0v) is 19.2. The van der Waals surface area contributed by atoms with Crippen LogP contribution in [0.4, 0.5) is 0 Å². The van der Waals surface area contributed by atoms with Gasteiger partial charge >= 0.3 is 26.2 Å². The summed E-state index contributed by atoms with van der Waals surface area (Å²) in [5, 5.41) is 0. The molecule has 0 saturated heterocycles. The van der Waals surface area contributed by atoms with E-state index in [-0.39, 0.29) is 51.0 Å². The Morgan fingerprint density at radius 2 is 1.12 bits per heavy atom. The first-order chi connectivity index (χ1) is 10.00. The molecule has 2 aromatic rings. The molecule has 2 atom stereocenters. The Morgan fingerprint density at radius 3 is 1.50 bits per heavy atom. The van der Waals surface area contributed by atoms with Crippen LogP contribution in [-0.2, 0) is 26.2 Å². The number of hydrogen-bond acceptors (Lipinski definition) is 2. The summed E-state index contributed by atoms with van der Waals surface area (Å²) in [5.74, 6) is 0. The van der Waals surface area contributed by atoms with Gasteiger partial charge in [0.05, 0.1) is 33.1 Å². The Labute approximate surface area is 175 Å². The van der Waals surface area contributed by atoms with Crippen LogP contribution in [0, 0.1) is 0 Å². The molecule has 0 amide bonds. The van der Waals surface area contributed by atoms with Crippen LogP contribution in [0.15, 0.2) is 45.0 Å². The van der Waals surface area contributed by atoms with Crippen molar-refractivity contribution in [3.05, 3.63) is 58.5 Å². The van der Waals surface area contributed by atoms with E-state index in [9.17, 15) is 0 Å². The minimum absolute atomic E-state index is 0. The van der Waals surface area contributed by atoms with Gasteiger partial charge < -0.3 is 33.6 Å². The third-order valence-electron chi connectivity index (χ3n) is 5.23.